The number of piperazine rings is 1. The molecular weight excluding hydrogens is 770 g/mol. The number of benzene rings is 1. The van der Waals surface area contributed by atoms with Crippen LogP contribution < -0.4 is 10.1 Å². The molecule has 0 aliphatic carbocycles. The first kappa shape index (κ1) is 43.5. The highest BCUT2D eigenvalue weighted by Gasteiger charge is 2.47. The van der Waals surface area contributed by atoms with Crippen molar-refractivity contribution in [2.24, 2.45) is 0 Å². The maximum atomic E-state index is 13.8. The SMILES string of the molecule is N#CC1CC(F)(F)CN1C(=O)CNC(=O)c1ccnc2ccc(OCCCN3CCN(C(=O)CN4CN(CC(=O)O)CN(CC(=O)O)CN(CC(=O)O)C4)CC3)cc12. The van der Waals surface area contributed by atoms with Crippen LogP contribution in [0.25, 0.3) is 10.9 Å². The number of amides is 3. The topological polar surface area (TPSA) is 244 Å². The van der Waals surface area contributed by atoms with Gasteiger partial charge in [0.25, 0.3) is 11.8 Å². The van der Waals surface area contributed by atoms with Crippen molar-refractivity contribution in [2.75, 3.05) is 105 Å². The molecule has 1 aromatic heterocycles. The van der Waals surface area contributed by atoms with E-state index in [0.717, 1.165) is 4.90 Å². The number of likely N-dealkylation sites (tertiary alicyclic amines) is 1. The van der Waals surface area contributed by atoms with Gasteiger partial charge >= 0.3 is 17.9 Å². The van der Waals surface area contributed by atoms with E-state index in [1.165, 1.54) is 27.0 Å². The third kappa shape index (κ3) is 12.4. The molecule has 3 aliphatic rings. The number of nitrogens with one attached hydrogen (secondary N) is 1. The van der Waals surface area contributed by atoms with Gasteiger partial charge in [-0.1, -0.05) is 0 Å². The van der Waals surface area contributed by atoms with E-state index in [1.807, 2.05) is 0 Å². The monoisotopic (exact) mass is 816 g/mol. The highest BCUT2D eigenvalue weighted by Crippen LogP contribution is 2.31. The van der Waals surface area contributed by atoms with Crippen LogP contribution in [0.15, 0.2) is 30.5 Å². The molecule has 0 bridgehead atoms. The van der Waals surface area contributed by atoms with Crippen molar-refractivity contribution in [3.63, 3.8) is 0 Å². The van der Waals surface area contributed by atoms with Crippen molar-refractivity contribution in [3.05, 3.63) is 36.0 Å². The number of carboxylic acids is 3. The molecule has 0 saturated carbocycles. The maximum Gasteiger partial charge on any atom is 0.317 e. The quantitative estimate of drug-likeness (QED) is 0.148. The van der Waals surface area contributed by atoms with Crippen molar-refractivity contribution < 1.29 is 57.6 Å². The van der Waals surface area contributed by atoms with Gasteiger partial charge in [0, 0.05) is 50.7 Å². The molecule has 3 fully saturated rings. The Balaban J connectivity index is 1.08. The predicted octanol–water partition coefficient (Wildman–Crippen LogP) is -1.06. The average molecular weight is 817 g/mol. The van der Waals surface area contributed by atoms with Crippen molar-refractivity contribution in [1.82, 2.24) is 44.6 Å². The van der Waals surface area contributed by atoms with Crippen LogP contribution in [-0.4, -0.2) is 207 Å². The number of hydrogen-bond donors (Lipinski definition) is 4. The van der Waals surface area contributed by atoms with Crippen LogP contribution in [0.1, 0.15) is 23.2 Å². The normalized spacial score (nSPS) is 19.9. The molecule has 22 heteroatoms. The smallest absolute Gasteiger partial charge is 0.317 e. The Morgan fingerprint density at radius 1 is 0.828 bits per heavy atom. The highest BCUT2D eigenvalue weighted by molar-refractivity contribution is 6.07. The van der Waals surface area contributed by atoms with E-state index in [1.54, 1.807) is 34.1 Å². The van der Waals surface area contributed by atoms with Crippen LogP contribution in [0.2, 0.25) is 0 Å². The lowest BCUT2D eigenvalue weighted by Crippen LogP contribution is -2.59. The largest absolute Gasteiger partial charge is 0.494 e. The molecule has 314 valence electrons. The van der Waals surface area contributed by atoms with Crippen LogP contribution in [0, 0.1) is 11.3 Å². The fourth-order valence-corrected chi connectivity index (χ4v) is 7.23. The Morgan fingerprint density at radius 3 is 1.98 bits per heavy atom. The molecule has 5 rings (SSSR count). The molecule has 4 heterocycles. The Kier molecular flexibility index (Phi) is 14.8. The van der Waals surface area contributed by atoms with Gasteiger partial charge in [0.2, 0.25) is 11.8 Å². The first-order valence-corrected chi connectivity index (χ1v) is 18.5. The summed E-state index contributed by atoms with van der Waals surface area (Å²) in [4.78, 5) is 88.5. The van der Waals surface area contributed by atoms with Crippen LogP contribution >= 0.6 is 0 Å². The molecule has 1 unspecified atom stereocenters. The summed E-state index contributed by atoms with van der Waals surface area (Å²) in [7, 11) is 0. The third-order valence-corrected chi connectivity index (χ3v) is 9.74. The van der Waals surface area contributed by atoms with Crippen molar-refractivity contribution in [1.29, 1.82) is 5.26 Å². The lowest BCUT2D eigenvalue weighted by Gasteiger charge is -2.41. The number of hydrogen-bond acceptors (Lipinski definition) is 14. The highest BCUT2D eigenvalue weighted by atomic mass is 19.3. The Labute approximate surface area is 331 Å². The Bertz CT molecular complexity index is 1860. The van der Waals surface area contributed by atoms with Gasteiger partial charge in [-0.15, -0.1) is 0 Å². The van der Waals surface area contributed by atoms with E-state index in [2.05, 4.69) is 15.2 Å². The number of aromatic nitrogens is 1. The number of rotatable bonds is 16. The minimum atomic E-state index is -3.17. The van der Waals surface area contributed by atoms with Crippen LogP contribution in [-0.2, 0) is 24.0 Å². The fraction of sp³-hybridized carbons (Fsp3) is 0.556. The van der Waals surface area contributed by atoms with E-state index in [0.29, 0.717) is 62.4 Å². The van der Waals surface area contributed by atoms with Gasteiger partial charge in [-0.05, 0) is 30.7 Å². The van der Waals surface area contributed by atoms with Gasteiger partial charge in [0.1, 0.15) is 11.8 Å². The molecule has 3 amide bonds. The van der Waals surface area contributed by atoms with E-state index in [4.69, 9.17) is 4.74 Å². The number of alkyl halides is 2. The van der Waals surface area contributed by atoms with Gasteiger partial charge in [-0.2, -0.15) is 5.26 Å². The van der Waals surface area contributed by atoms with Crippen molar-refractivity contribution in [2.45, 2.75) is 24.8 Å². The average Bonchev–Trinajstić information content (AvgIpc) is 3.48. The van der Waals surface area contributed by atoms with Crippen LogP contribution in [0.5, 0.6) is 5.75 Å². The maximum absolute atomic E-state index is 13.8. The summed E-state index contributed by atoms with van der Waals surface area (Å²) in [5, 5.41) is 40.3. The molecule has 0 radical (unpaired) electrons. The Hall–Kier alpha value is -5.60. The first-order chi connectivity index (χ1) is 27.6. The van der Waals surface area contributed by atoms with Gasteiger partial charge in [-0.3, -0.25) is 58.3 Å². The Morgan fingerprint density at radius 2 is 1.41 bits per heavy atom. The van der Waals surface area contributed by atoms with Crippen molar-refractivity contribution >= 4 is 46.5 Å². The standard InChI is InChI=1S/C36H46F2N10O10/c37-36(38)13-25(14-39)48(20-36)30(49)15-41-35(57)27-4-5-40-29-3-2-26(12-28(27)29)58-11-1-6-42-7-9-47(10-8-42)31(50)16-43-21-44(17-32(51)52)23-46(19-34(55)56)24-45(22-43)18-33(53)54/h2-5,12,25H,1,6-11,13,15-24H2,(H,41,57)(H,51,52)(H,53,54)(H,55,56). The summed E-state index contributed by atoms with van der Waals surface area (Å²) in [6.07, 6.45) is 1.32. The second-order valence-electron chi connectivity index (χ2n) is 14.4. The number of aliphatic carboxylic acids is 3. The molecular formula is C36H46F2N10O10. The van der Waals surface area contributed by atoms with E-state index in [-0.39, 0.29) is 44.7 Å². The first-order valence-electron chi connectivity index (χ1n) is 18.5. The predicted molar refractivity (Wildman–Crippen MR) is 197 cm³/mol. The second kappa shape index (κ2) is 19.7. The molecule has 3 aliphatic heterocycles. The van der Waals surface area contributed by atoms with Gasteiger partial charge in [-0.25, -0.2) is 8.78 Å². The number of carbonyl (C=O) groups excluding carboxylic acids is 3. The molecule has 4 N–H and O–H groups in total. The number of carboxylic acid groups (broad SMARTS) is 3. The number of carbonyl (C=O) groups is 6. The van der Waals surface area contributed by atoms with E-state index in [9.17, 15) is 58.1 Å². The number of ether oxygens (including phenoxy) is 1. The molecule has 58 heavy (non-hydrogen) atoms. The van der Waals surface area contributed by atoms with Crippen molar-refractivity contribution in [3.8, 4) is 11.8 Å². The summed E-state index contributed by atoms with van der Waals surface area (Å²) in [5.74, 6) is -7.72. The molecule has 20 nitrogen and oxygen atoms in total. The number of fused-ring (bicyclic) bond motifs is 1. The minimum absolute atomic E-state index is 0.00261. The molecule has 1 atom stereocenters. The van der Waals surface area contributed by atoms with Crippen LogP contribution in [0.4, 0.5) is 8.78 Å². The minimum Gasteiger partial charge on any atom is -0.494 e. The zero-order valence-corrected chi connectivity index (χ0v) is 31.7. The van der Waals surface area contributed by atoms with Gasteiger partial charge in [0.05, 0.1) is 89.7 Å². The summed E-state index contributed by atoms with van der Waals surface area (Å²) < 4.78 is 33.6. The number of pyridine rings is 1. The molecule has 0 spiro atoms. The second-order valence-corrected chi connectivity index (χ2v) is 14.4. The number of halogens is 2. The lowest BCUT2D eigenvalue weighted by molar-refractivity contribution is -0.146. The number of nitrogens with zero attached hydrogens (tertiary/aromatic N) is 9. The zero-order chi connectivity index (χ0) is 42.0. The van der Waals surface area contributed by atoms with Gasteiger partial charge in [0.15, 0.2) is 0 Å². The van der Waals surface area contributed by atoms with E-state index >= 15 is 0 Å². The summed E-state index contributed by atoms with van der Waals surface area (Å²) in [5.41, 5.74) is 0.689. The number of nitriles is 1. The molecule has 2 aromatic rings. The zero-order valence-electron chi connectivity index (χ0n) is 31.7. The molecule has 1 aromatic carbocycles. The summed E-state index contributed by atoms with van der Waals surface area (Å²) >= 11 is 0. The molecule has 3 saturated heterocycles. The third-order valence-electron chi connectivity index (χ3n) is 9.74. The summed E-state index contributed by atoms with van der Waals surface area (Å²) in [6, 6.07) is 6.94. The lowest BCUT2D eigenvalue weighted by atomic mass is 10.1. The van der Waals surface area contributed by atoms with E-state index < -0.39 is 80.8 Å². The van der Waals surface area contributed by atoms with Crippen LogP contribution in [0.3, 0.4) is 0 Å². The van der Waals surface area contributed by atoms with Gasteiger partial charge < -0.3 is 35.2 Å². The summed E-state index contributed by atoms with van der Waals surface area (Å²) in [6.45, 7) is 0.193. The fourth-order valence-electron chi connectivity index (χ4n) is 7.23.